The minimum absolute atomic E-state index is 0.130. The molecule has 0 N–H and O–H groups in total. The van der Waals surface area contributed by atoms with Gasteiger partial charge in [0.2, 0.25) is 0 Å². The first kappa shape index (κ1) is 15.4. The summed E-state index contributed by atoms with van der Waals surface area (Å²) < 4.78 is 42.3. The second-order valence-corrected chi connectivity index (χ2v) is 6.71. The van der Waals surface area contributed by atoms with Gasteiger partial charge < -0.3 is 9.64 Å². The third-order valence-corrected chi connectivity index (χ3v) is 3.62. The fraction of sp³-hybridized carbons (Fsp3) is 0.923. The van der Waals surface area contributed by atoms with Crippen LogP contribution in [0.4, 0.5) is 18.0 Å². The molecule has 116 valence electrons. The predicted molar refractivity (Wildman–Crippen MR) is 67.3 cm³/mol. The Kier molecular flexibility index (Phi) is 3.92. The Labute approximate surface area is 116 Å². The Morgan fingerprint density at radius 3 is 2.00 bits per heavy atom. The van der Waals surface area contributed by atoms with Crippen molar-refractivity contribution in [1.29, 1.82) is 0 Å². The van der Waals surface area contributed by atoms with Gasteiger partial charge in [0.15, 0.2) is 0 Å². The van der Waals surface area contributed by atoms with E-state index in [9.17, 15) is 18.0 Å². The zero-order valence-corrected chi connectivity index (χ0v) is 12.0. The van der Waals surface area contributed by atoms with Crippen molar-refractivity contribution >= 4 is 6.09 Å². The van der Waals surface area contributed by atoms with Crippen LogP contribution < -0.4 is 0 Å². The maximum absolute atomic E-state index is 12.3. The molecule has 0 spiro atoms. The van der Waals surface area contributed by atoms with Gasteiger partial charge >= 0.3 is 12.3 Å². The summed E-state index contributed by atoms with van der Waals surface area (Å²) in [5.41, 5.74) is -0.545. The zero-order chi connectivity index (χ0) is 15.1. The first-order valence-corrected chi connectivity index (χ1v) is 6.80. The normalized spacial score (nSPS) is 27.8. The third-order valence-electron chi connectivity index (χ3n) is 3.62. The fourth-order valence-corrected chi connectivity index (χ4v) is 2.95. The van der Waals surface area contributed by atoms with Crippen LogP contribution in [0.15, 0.2) is 0 Å². The van der Waals surface area contributed by atoms with Gasteiger partial charge in [0.25, 0.3) is 0 Å². The van der Waals surface area contributed by atoms with Crippen LogP contribution in [0.2, 0.25) is 0 Å². The Hall–Kier alpha value is -0.980. The van der Waals surface area contributed by atoms with Crippen molar-refractivity contribution < 1.29 is 22.7 Å². The fourth-order valence-electron chi connectivity index (χ4n) is 2.95. The SMILES string of the molecule is CC(C)(C)OC(=O)N1C[C@H]2CN(CC(F)(F)F)C[C@@H]2C1. The molecule has 2 aliphatic rings. The first-order valence-electron chi connectivity index (χ1n) is 6.80. The number of nitrogens with zero attached hydrogens (tertiary/aromatic N) is 2. The molecule has 0 aromatic carbocycles. The minimum atomic E-state index is -4.15. The van der Waals surface area contributed by atoms with E-state index in [1.807, 2.05) is 0 Å². The van der Waals surface area contributed by atoms with Gasteiger partial charge in [-0.1, -0.05) is 0 Å². The van der Waals surface area contributed by atoms with Crippen molar-refractivity contribution in [3.8, 4) is 0 Å². The van der Waals surface area contributed by atoms with Crippen LogP contribution in [0.1, 0.15) is 20.8 Å². The van der Waals surface area contributed by atoms with Crippen LogP contribution in [-0.4, -0.2) is 60.4 Å². The average Bonchev–Trinajstić information content (AvgIpc) is 2.68. The molecule has 0 unspecified atom stereocenters. The van der Waals surface area contributed by atoms with Crippen molar-refractivity contribution in [2.45, 2.75) is 32.5 Å². The van der Waals surface area contributed by atoms with Gasteiger partial charge in [-0.2, -0.15) is 13.2 Å². The smallest absolute Gasteiger partial charge is 0.410 e. The number of carbonyl (C=O) groups is 1. The lowest BCUT2D eigenvalue weighted by molar-refractivity contribution is -0.144. The quantitative estimate of drug-likeness (QED) is 0.744. The van der Waals surface area contributed by atoms with E-state index in [0.29, 0.717) is 26.2 Å². The Bertz CT molecular complexity index is 365. The van der Waals surface area contributed by atoms with E-state index in [0.717, 1.165) is 0 Å². The molecule has 0 aliphatic carbocycles. The van der Waals surface area contributed by atoms with Gasteiger partial charge in [-0.25, -0.2) is 4.79 Å². The van der Waals surface area contributed by atoms with Gasteiger partial charge in [0.1, 0.15) is 5.60 Å². The molecule has 0 aromatic heterocycles. The molecule has 0 bridgehead atoms. The van der Waals surface area contributed by atoms with Gasteiger partial charge in [-0.15, -0.1) is 0 Å². The lowest BCUT2D eigenvalue weighted by atomic mass is 10.0. The molecule has 0 radical (unpaired) electrons. The Morgan fingerprint density at radius 2 is 1.60 bits per heavy atom. The molecular weight excluding hydrogens is 273 g/mol. The van der Waals surface area contributed by atoms with Crippen molar-refractivity contribution in [1.82, 2.24) is 9.80 Å². The summed E-state index contributed by atoms with van der Waals surface area (Å²) in [5, 5.41) is 0. The van der Waals surface area contributed by atoms with Crippen molar-refractivity contribution in [2.75, 3.05) is 32.7 Å². The lowest BCUT2D eigenvalue weighted by Crippen LogP contribution is -2.39. The number of amides is 1. The standard InChI is InChI=1S/C13H21F3N2O2/c1-12(2,3)20-11(19)18-6-9-4-17(5-10(9)7-18)8-13(14,15)16/h9-10H,4-8H2,1-3H3/t9-,10-/m1/s1. The van der Waals surface area contributed by atoms with Gasteiger partial charge in [-0.05, 0) is 32.6 Å². The molecule has 2 fully saturated rings. The highest BCUT2D eigenvalue weighted by molar-refractivity contribution is 5.68. The second kappa shape index (κ2) is 5.09. The molecule has 0 aromatic rings. The molecule has 2 aliphatic heterocycles. The number of fused-ring (bicyclic) bond motifs is 1. The minimum Gasteiger partial charge on any atom is -0.444 e. The average molecular weight is 294 g/mol. The highest BCUT2D eigenvalue weighted by Crippen LogP contribution is 2.33. The summed E-state index contributed by atoms with van der Waals surface area (Å²) in [6, 6.07) is 0. The second-order valence-electron chi connectivity index (χ2n) is 6.71. The number of hydrogen-bond acceptors (Lipinski definition) is 3. The summed E-state index contributed by atoms with van der Waals surface area (Å²) in [6.07, 6.45) is -4.52. The Morgan fingerprint density at radius 1 is 1.10 bits per heavy atom. The van der Waals surface area contributed by atoms with E-state index in [1.54, 1.807) is 25.7 Å². The van der Waals surface area contributed by atoms with Crippen molar-refractivity contribution in [3.05, 3.63) is 0 Å². The highest BCUT2D eigenvalue weighted by atomic mass is 19.4. The monoisotopic (exact) mass is 294 g/mol. The largest absolute Gasteiger partial charge is 0.444 e. The first-order chi connectivity index (χ1) is 9.03. The summed E-state index contributed by atoms with van der Waals surface area (Å²) >= 11 is 0. The lowest BCUT2D eigenvalue weighted by Gasteiger charge is -2.26. The van der Waals surface area contributed by atoms with E-state index >= 15 is 0 Å². The molecule has 20 heavy (non-hydrogen) atoms. The molecule has 0 saturated carbocycles. The summed E-state index contributed by atoms with van der Waals surface area (Å²) in [4.78, 5) is 15.0. The van der Waals surface area contributed by atoms with Crippen LogP contribution in [-0.2, 0) is 4.74 Å². The molecule has 1 amide bonds. The number of carbonyl (C=O) groups excluding carboxylic acids is 1. The van der Waals surface area contributed by atoms with Crippen LogP contribution >= 0.6 is 0 Å². The molecule has 2 saturated heterocycles. The van der Waals surface area contributed by atoms with E-state index in [1.165, 1.54) is 4.90 Å². The van der Waals surface area contributed by atoms with E-state index in [2.05, 4.69) is 0 Å². The van der Waals surface area contributed by atoms with E-state index in [-0.39, 0.29) is 17.9 Å². The van der Waals surface area contributed by atoms with Gasteiger partial charge in [0, 0.05) is 26.2 Å². The van der Waals surface area contributed by atoms with Crippen LogP contribution in [0.25, 0.3) is 0 Å². The van der Waals surface area contributed by atoms with Gasteiger partial charge in [-0.3, -0.25) is 4.90 Å². The van der Waals surface area contributed by atoms with Crippen LogP contribution in [0.5, 0.6) is 0 Å². The maximum atomic E-state index is 12.3. The number of halogens is 3. The van der Waals surface area contributed by atoms with Crippen LogP contribution in [0.3, 0.4) is 0 Å². The summed E-state index contributed by atoms with van der Waals surface area (Å²) in [5.74, 6) is 0.259. The number of rotatable bonds is 1. The molecule has 2 heterocycles. The number of ether oxygens (including phenoxy) is 1. The molecule has 7 heteroatoms. The van der Waals surface area contributed by atoms with Crippen molar-refractivity contribution in [3.63, 3.8) is 0 Å². The Balaban J connectivity index is 1.84. The van der Waals surface area contributed by atoms with Crippen molar-refractivity contribution in [2.24, 2.45) is 11.8 Å². The van der Waals surface area contributed by atoms with Gasteiger partial charge in [0.05, 0.1) is 6.54 Å². The number of alkyl halides is 3. The maximum Gasteiger partial charge on any atom is 0.410 e. The highest BCUT2D eigenvalue weighted by Gasteiger charge is 2.45. The van der Waals surface area contributed by atoms with E-state index in [4.69, 9.17) is 4.74 Å². The van der Waals surface area contributed by atoms with Crippen LogP contribution in [0, 0.1) is 11.8 Å². The molecular formula is C13H21F3N2O2. The predicted octanol–water partition coefficient (Wildman–Crippen LogP) is 2.35. The number of likely N-dealkylation sites (tertiary alicyclic amines) is 2. The topological polar surface area (TPSA) is 32.8 Å². The zero-order valence-electron chi connectivity index (χ0n) is 12.0. The number of hydrogen-bond donors (Lipinski definition) is 0. The summed E-state index contributed by atoms with van der Waals surface area (Å²) in [6.45, 7) is 6.34. The third kappa shape index (κ3) is 4.01. The van der Waals surface area contributed by atoms with E-state index < -0.39 is 18.3 Å². The molecule has 2 rings (SSSR count). The molecule has 2 atom stereocenters. The molecule has 4 nitrogen and oxygen atoms in total. The summed E-state index contributed by atoms with van der Waals surface area (Å²) in [7, 11) is 0.